The van der Waals surface area contributed by atoms with Gasteiger partial charge in [-0.2, -0.15) is 0 Å². The highest BCUT2D eigenvalue weighted by Gasteiger charge is 2.19. The monoisotopic (exact) mass is 361 g/mol. The summed E-state index contributed by atoms with van der Waals surface area (Å²) in [4.78, 5) is 12.0. The molecule has 0 aliphatic carbocycles. The minimum absolute atomic E-state index is 0.00438. The molecule has 1 amide bonds. The predicted octanol–water partition coefficient (Wildman–Crippen LogP) is 1.69. The SMILES string of the molecule is O=C(CSc1nnnn1C[C@@H]1CCCO1)NCCCc1ccccc1. The molecule has 1 N–H and O–H groups in total. The minimum Gasteiger partial charge on any atom is -0.376 e. The summed E-state index contributed by atoms with van der Waals surface area (Å²) in [6, 6.07) is 10.3. The summed E-state index contributed by atoms with van der Waals surface area (Å²) >= 11 is 1.36. The van der Waals surface area contributed by atoms with Crippen LogP contribution >= 0.6 is 11.8 Å². The van der Waals surface area contributed by atoms with E-state index in [9.17, 15) is 4.79 Å². The summed E-state index contributed by atoms with van der Waals surface area (Å²) in [7, 11) is 0. The Bertz CT molecular complexity index is 658. The number of hydrogen-bond donors (Lipinski definition) is 1. The Balaban J connectivity index is 1.34. The number of hydrogen-bond acceptors (Lipinski definition) is 6. The van der Waals surface area contributed by atoms with Crippen molar-refractivity contribution in [2.45, 2.75) is 43.5 Å². The third kappa shape index (κ3) is 5.82. The zero-order valence-electron chi connectivity index (χ0n) is 14.1. The molecule has 7 nitrogen and oxygen atoms in total. The lowest BCUT2D eigenvalue weighted by atomic mass is 10.1. The summed E-state index contributed by atoms with van der Waals surface area (Å²) in [5, 5.41) is 15.3. The number of nitrogens with one attached hydrogen (secondary N) is 1. The molecule has 25 heavy (non-hydrogen) atoms. The number of rotatable bonds is 9. The Kier molecular flexibility index (Phi) is 6.81. The molecule has 3 rings (SSSR count). The van der Waals surface area contributed by atoms with Crippen LogP contribution in [0.5, 0.6) is 0 Å². The van der Waals surface area contributed by atoms with Gasteiger partial charge in [0.1, 0.15) is 0 Å². The first-order chi connectivity index (χ1) is 12.3. The van der Waals surface area contributed by atoms with E-state index in [1.165, 1.54) is 17.3 Å². The first kappa shape index (κ1) is 17.9. The number of carbonyl (C=O) groups is 1. The van der Waals surface area contributed by atoms with Crippen LogP contribution in [0.15, 0.2) is 35.5 Å². The molecule has 0 spiro atoms. The Hall–Kier alpha value is -1.93. The van der Waals surface area contributed by atoms with E-state index in [1.807, 2.05) is 18.2 Å². The third-order valence-corrected chi connectivity index (χ3v) is 5.00. The molecule has 134 valence electrons. The zero-order chi connectivity index (χ0) is 17.3. The highest BCUT2D eigenvalue weighted by molar-refractivity contribution is 7.99. The van der Waals surface area contributed by atoms with Crippen molar-refractivity contribution in [1.82, 2.24) is 25.5 Å². The maximum Gasteiger partial charge on any atom is 0.230 e. The number of aryl methyl sites for hydroxylation is 1. The smallest absolute Gasteiger partial charge is 0.230 e. The minimum atomic E-state index is 0.00438. The molecule has 0 radical (unpaired) electrons. The number of thioether (sulfide) groups is 1. The Labute approximate surface area is 151 Å². The topological polar surface area (TPSA) is 81.9 Å². The Morgan fingerprint density at radius 3 is 3.04 bits per heavy atom. The van der Waals surface area contributed by atoms with Crippen LogP contribution in [0.1, 0.15) is 24.8 Å². The molecular weight excluding hydrogens is 338 g/mol. The van der Waals surface area contributed by atoms with E-state index in [0.29, 0.717) is 24.0 Å². The first-order valence-electron chi connectivity index (χ1n) is 8.62. The fraction of sp³-hybridized carbons (Fsp3) is 0.529. The van der Waals surface area contributed by atoms with Gasteiger partial charge in [0.2, 0.25) is 11.1 Å². The number of ether oxygens (including phenoxy) is 1. The van der Waals surface area contributed by atoms with Crippen molar-refractivity contribution in [2.75, 3.05) is 18.9 Å². The van der Waals surface area contributed by atoms with Crippen molar-refractivity contribution in [3.63, 3.8) is 0 Å². The van der Waals surface area contributed by atoms with Gasteiger partial charge in [-0.15, -0.1) is 5.10 Å². The van der Waals surface area contributed by atoms with Gasteiger partial charge in [-0.3, -0.25) is 4.79 Å². The molecule has 1 aliphatic rings. The van der Waals surface area contributed by atoms with E-state index in [0.717, 1.165) is 32.3 Å². The first-order valence-corrected chi connectivity index (χ1v) is 9.61. The predicted molar refractivity (Wildman–Crippen MR) is 95.3 cm³/mol. The van der Waals surface area contributed by atoms with E-state index in [1.54, 1.807) is 4.68 Å². The largest absolute Gasteiger partial charge is 0.376 e. The molecule has 0 bridgehead atoms. The van der Waals surface area contributed by atoms with E-state index in [4.69, 9.17) is 4.74 Å². The number of carbonyl (C=O) groups excluding carboxylic acids is 1. The van der Waals surface area contributed by atoms with Crippen molar-refractivity contribution in [2.24, 2.45) is 0 Å². The number of tetrazole rings is 1. The van der Waals surface area contributed by atoms with Gasteiger partial charge in [0, 0.05) is 13.2 Å². The molecule has 1 aromatic carbocycles. The van der Waals surface area contributed by atoms with Crippen molar-refractivity contribution in [3.8, 4) is 0 Å². The second-order valence-electron chi connectivity index (χ2n) is 6.01. The summed E-state index contributed by atoms with van der Waals surface area (Å²) in [5.74, 6) is 0.321. The van der Waals surface area contributed by atoms with Gasteiger partial charge < -0.3 is 10.1 Å². The lowest BCUT2D eigenvalue weighted by Crippen LogP contribution is -2.26. The molecule has 2 aromatic rings. The van der Waals surface area contributed by atoms with Crippen molar-refractivity contribution in [3.05, 3.63) is 35.9 Å². The summed E-state index contributed by atoms with van der Waals surface area (Å²) in [6.45, 7) is 2.13. The highest BCUT2D eigenvalue weighted by atomic mass is 32.2. The van der Waals surface area contributed by atoms with Gasteiger partial charge in [-0.05, 0) is 41.7 Å². The maximum absolute atomic E-state index is 12.0. The van der Waals surface area contributed by atoms with Crippen LogP contribution in [0.4, 0.5) is 0 Å². The lowest BCUT2D eigenvalue weighted by Gasteiger charge is -2.10. The van der Waals surface area contributed by atoms with Crippen LogP contribution in [0, 0.1) is 0 Å². The molecule has 0 unspecified atom stereocenters. The van der Waals surface area contributed by atoms with Gasteiger partial charge >= 0.3 is 0 Å². The van der Waals surface area contributed by atoms with Crippen molar-refractivity contribution in [1.29, 1.82) is 0 Å². The lowest BCUT2D eigenvalue weighted by molar-refractivity contribution is -0.118. The molecule has 1 aliphatic heterocycles. The molecule has 2 heterocycles. The van der Waals surface area contributed by atoms with Gasteiger partial charge in [0.25, 0.3) is 0 Å². The summed E-state index contributed by atoms with van der Waals surface area (Å²) in [5.41, 5.74) is 1.29. The highest BCUT2D eigenvalue weighted by Crippen LogP contribution is 2.18. The second kappa shape index (κ2) is 9.53. The van der Waals surface area contributed by atoms with Crippen LogP contribution in [-0.2, 0) is 22.5 Å². The normalized spacial score (nSPS) is 16.9. The van der Waals surface area contributed by atoms with Crippen LogP contribution in [0.2, 0.25) is 0 Å². The number of nitrogens with zero attached hydrogens (tertiary/aromatic N) is 4. The molecular formula is C17H23N5O2S. The molecule has 1 atom stereocenters. The number of aromatic nitrogens is 4. The van der Waals surface area contributed by atoms with Crippen LogP contribution < -0.4 is 5.32 Å². The zero-order valence-corrected chi connectivity index (χ0v) is 15.0. The number of amides is 1. The Morgan fingerprint density at radius 2 is 2.24 bits per heavy atom. The standard InChI is InChI=1S/C17H23N5O2S/c23-16(18-10-4-8-14-6-2-1-3-7-14)13-25-17-19-20-21-22(17)12-15-9-5-11-24-15/h1-3,6-7,15H,4-5,8-13H2,(H,18,23)/t15-/m0/s1. The average Bonchev–Trinajstić information content (AvgIpc) is 3.30. The van der Waals surface area contributed by atoms with Crippen molar-refractivity contribution < 1.29 is 9.53 Å². The molecule has 8 heteroatoms. The average molecular weight is 361 g/mol. The van der Waals surface area contributed by atoms with Crippen LogP contribution in [0.25, 0.3) is 0 Å². The van der Waals surface area contributed by atoms with Crippen molar-refractivity contribution >= 4 is 17.7 Å². The molecule has 0 saturated carbocycles. The third-order valence-electron chi connectivity index (χ3n) is 4.04. The van der Waals surface area contributed by atoms with Crippen LogP contribution in [-0.4, -0.2) is 51.1 Å². The second-order valence-corrected chi connectivity index (χ2v) is 6.95. The quantitative estimate of drug-likeness (QED) is 0.541. The van der Waals surface area contributed by atoms with Gasteiger partial charge in [-0.25, -0.2) is 4.68 Å². The molecule has 1 aromatic heterocycles. The van der Waals surface area contributed by atoms with Crippen LogP contribution in [0.3, 0.4) is 0 Å². The maximum atomic E-state index is 12.0. The Morgan fingerprint density at radius 1 is 1.36 bits per heavy atom. The van der Waals surface area contributed by atoms with Gasteiger partial charge in [0.05, 0.1) is 18.4 Å². The number of benzene rings is 1. The van der Waals surface area contributed by atoms with Gasteiger partial charge in [-0.1, -0.05) is 42.1 Å². The molecule has 1 fully saturated rings. The van der Waals surface area contributed by atoms with E-state index < -0.39 is 0 Å². The van der Waals surface area contributed by atoms with Gasteiger partial charge in [0.15, 0.2) is 0 Å². The van der Waals surface area contributed by atoms with E-state index >= 15 is 0 Å². The molecule has 1 saturated heterocycles. The fourth-order valence-electron chi connectivity index (χ4n) is 2.74. The summed E-state index contributed by atoms with van der Waals surface area (Å²) in [6.07, 6.45) is 4.19. The van der Waals surface area contributed by atoms with E-state index in [-0.39, 0.29) is 12.0 Å². The fourth-order valence-corrected chi connectivity index (χ4v) is 3.46. The van der Waals surface area contributed by atoms with E-state index in [2.05, 4.69) is 33.0 Å². The summed E-state index contributed by atoms with van der Waals surface area (Å²) < 4.78 is 7.33.